The van der Waals surface area contributed by atoms with Crippen molar-refractivity contribution in [3.63, 3.8) is 0 Å². The monoisotopic (exact) mass is 283 g/mol. The van der Waals surface area contributed by atoms with E-state index in [9.17, 15) is 9.59 Å². The van der Waals surface area contributed by atoms with Crippen molar-refractivity contribution in [3.05, 3.63) is 0 Å². The van der Waals surface area contributed by atoms with Gasteiger partial charge in [-0.05, 0) is 19.3 Å². The number of hydrogen-bond donors (Lipinski definition) is 1. The van der Waals surface area contributed by atoms with Crippen molar-refractivity contribution < 1.29 is 14.3 Å². The van der Waals surface area contributed by atoms with E-state index in [1.807, 2.05) is 4.90 Å². The number of carbonyl (C=O) groups is 2. The minimum atomic E-state index is 0.0526. The van der Waals surface area contributed by atoms with E-state index in [4.69, 9.17) is 4.74 Å². The van der Waals surface area contributed by atoms with Crippen LogP contribution in [0.25, 0.3) is 0 Å². The van der Waals surface area contributed by atoms with Crippen LogP contribution < -0.4 is 5.32 Å². The lowest BCUT2D eigenvalue weighted by molar-refractivity contribution is -0.128. The number of amides is 2. The van der Waals surface area contributed by atoms with Gasteiger partial charge in [0.2, 0.25) is 11.8 Å². The largest absolute Gasteiger partial charge is 0.376 e. The third-order valence-corrected chi connectivity index (χ3v) is 3.95. The third-order valence-electron chi connectivity index (χ3n) is 3.95. The Labute approximate surface area is 120 Å². The Morgan fingerprint density at radius 1 is 1.20 bits per heavy atom. The fourth-order valence-corrected chi connectivity index (χ4v) is 2.74. The number of nitrogens with zero attached hydrogens (tertiary/aromatic N) is 2. The fraction of sp³-hybridized carbons (Fsp3) is 0.857. The molecule has 6 heteroatoms. The van der Waals surface area contributed by atoms with Crippen molar-refractivity contribution in [2.75, 3.05) is 45.9 Å². The first-order valence-electron chi connectivity index (χ1n) is 7.51. The molecule has 0 bridgehead atoms. The Bertz CT molecular complexity index is 343. The normalized spacial score (nSPS) is 24.4. The predicted molar refractivity (Wildman–Crippen MR) is 75.3 cm³/mol. The predicted octanol–water partition coefficient (Wildman–Crippen LogP) is -0.164. The number of carbonyl (C=O) groups excluding carboxylic acids is 2. The van der Waals surface area contributed by atoms with Gasteiger partial charge in [0.1, 0.15) is 0 Å². The van der Waals surface area contributed by atoms with E-state index in [1.54, 1.807) is 6.92 Å². The maximum Gasteiger partial charge on any atom is 0.234 e. The van der Waals surface area contributed by atoms with Crippen molar-refractivity contribution in [1.82, 2.24) is 15.1 Å². The Hall–Kier alpha value is -1.14. The maximum absolute atomic E-state index is 11.9. The highest BCUT2D eigenvalue weighted by atomic mass is 16.5. The van der Waals surface area contributed by atoms with Crippen LogP contribution in [0.5, 0.6) is 0 Å². The molecule has 2 heterocycles. The number of rotatable bonds is 4. The highest BCUT2D eigenvalue weighted by Gasteiger charge is 2.20. The van der Waals surface area contributed by atoms with Gasteiger partial charge in [-0.25, -0.2) is 0 Å². The van der Waals surface area contributed by atoms with Gasteiger partial charge in [-0.1, -0.05) is 0 Å². The summed E-state index contributed by atoms with van der Waals surface area (Å²) >= 11 is 0. The molecule has 2 saturated heterocycles. The van der Waals surface area contributed by atoms with Crippen LogP contribution in [0.1, 0.15) is 26.2 Å². The summed E-state index contributed by atoms with van der Waals surface area (Å²) in [5.74, 6) is 0.173. The van der Waals surface area contributed by atoms with Crippen LogP contribution in [0.15, 0.2) is 0 Å². The first kappa shape index (κ1) is 15.3. The summed E-state index contributed by atoms with van der Waals surface area (Å²) in [4.78, 5) is 27.2. The van der Waals surface area contributed by atoms with Gasteiger partial charge in [-0.2, -0.15) is 0 Å². The summed E-state index contributed by atoms with van der Waals surface area (Å²) in [6.45, 7) is 6.60. The molecule has 1 unspecified atom stereocenters. The Kier molecular flexibility index (Phi) is 5.79. The zero-order chi connectivity index (χ0) is 14.4. The maximum atomic E-state index is 11.9. The molecule has 2 fully saturated rings. The lowest BCUT2D eigenvalue weighted by atomic mass is 10.2. The first-order chi connectivity index (χ1) is 9.65. The summed E-state index contributed by atoms with van der Waals surface area (Å²) in [6.07, 6.45) is 3.25. The SMILES string of the molecule is CC(=O)N1CCCN(CC(=O)NCC2CCCO2)CC1. The second-order valence-electron chi connectivity index (χ2n) is 5.57. The average Bonchev–Trinajstić information content (AvgIpc) is 2.82. The average molecular weight is 283 g/mol. The molecule has 0 aromatic heterocycles. The van der Waals surface area contributed by atoms with Crippen molar-refractivity contribution in [3.8, 4) is 0 Å². The smallest absolute Gasteiger partial charge is 0.234 e. The molecule has 114 valence electrons. The molecule has 2 aliphatic rings. The first-order valence-corrected chi connectivity index (χ1v) is 7.51. The molecule has 0 aliphatic carbocycles. The van der Waals surface area contributed by atoms with E-state index < -0.39 is 0 Å². The molecule has 0 aromatic carbocycles. The molecular weight excluding hydrogens is 258 g/mol. The zero-order valence-corrected chi connectivity index (χ0v) is 12.3. The van der Waals surface area contributed by atoms with Gasteiger partial charge in [0.15, 0.2) is 0 Å². The molecule has 2 amide bonds. The molecule has 6 nitrogen and oxygen atoms in total. The molecule has 0 spiro atoms. The second kappa shape index (κ2) is 7.59. The van der Waals surface area contributed by atoms with Crippen molar-refractivity contribution >= 4 is 11.8 Å². The van der Waals surface area contributed by atoms with Gasteiger partial charge < -0.3 is 15.0 Å². The topological polar surface area (TPSA) is 61.9 Å². The lowest BCUT2D eigenvalue weighted by Crippen LogP contribution is -2.41. The zero-order valence-electron chi connectivity index (χ0n) is 12.3. The van der Waals surface area contributed by atoms with Crippen molar-refractivity contribution in [2.24, 2.45) is 0 Å². The third kappa shape index (κ3) is 4.76. The van der Waals surface area contributed by atoms with Gasteiger partial charge >= 0.3 is 0 Å². The summed E-state index contributed by atoms with van der Waals surface area (Å²) in [6, 6.07) is 0. The summed E-state index contributed by atoms with van der Waals surface area (Å²) in [7, 11) is 0. The van der Waals surface area contributed by atoms with Crippen LogP contribution in [-0.4, -0.2) is 73.6 Å². The molecule has 0 saturated carbocycles. The molecule has 0 aromatic rings. The van der Waals surface area contributed by atoms with Gasteiger partial charge in [0.25, 0.3) is 0 Å². The van der Waals surface area contributed by atoms with E-state index in [0.29, 0.717) is 19.6 Å². The van der Waals surface area contributed by atoms with Crippen LogP contribution >= 0.6 is 0 Å². The highest BCUT2D eigenvalue weighted by Crippen LogP contribution is 2.10. The van der Waals surface area contributed by atoms with Crippen LogP contribution in [0.3, 0.4) is 0 Å². The van der Waals surface area contributed by atoms with Crippen molar-refractivity contribution in [1.29, 1.82) is 0 Å². The van der Waals surface area contributed by atoms with Crippen LogP contribution in [-0.2, 0) is 14.3 Å². The van der Waals surface area contributed by atoms with E-state index in [-0.39, 0.29) is 17.9 Å². The highest BCUT2D eigenvalue weighted by molar-refractivity contribution is 5.78. The van der Waals surface area contributed by atoms with Crippen LogP contribution in [0.2, 0.25) is 0 Å². The van der Waals surface area contributed by atoms with Crippen molar-refractivity contribution in [2.45, 2.75) is 32.3 Å². The van der Waals surface area contributed by atoms with Gasteiger partial charge in [-0.15, -0.1) is 0 Å². The van der Waals surface area contributed by atoms with Crippen LogP contribution in [0, 0.1) is 0 Å². The number of hydrogen-bond acceptors (Lipinski definition) is 4. The Balaban J connectivity index is 1.67. The molecule has 20 heavy (non-hydrogen) atoms. The molecule has 2 aliphatic heterocycles. The molecule has 1 atom stereocenters. The number of ether oxygens (including phenoxy) is 1. The molecule has 1 N–H and O–H groups in total. The second-order valence-corrected chi connectivity index (χ2v) is 5.57. The van der Waals surface area contributed by atoms with E-state index in [2.05, 4.69) is 10.2 Å². The lowest BCUT2D eigenvalue weighted by Gasteiger charge is -2.21. The molecule has 2 rings (SSSR count). The Morgan fingerprint density at radius 3 is 2.75 bits per heavy atom. The van der Waals surface area contributed by atoms with E-state index in [0.717, 1.165) is 45.5 Å². The molecule has 0 radical (unpaired) electrons. The van der Waals surface area contributed by atoms with E-state index >= 15 is 0 Å². The number of nitrogens with one attached hydrogen (secondary N) is 1. The quantitative estimate of drug-likeness (QED) is 0.778. The standard InChI is InChI=1S/C14H25N3O3/c1-12(18)17-6-3-5-16(7-8-17)11-14(19)15-10-13-4-2-9-20-13/h13H,2-11H2,1H3,(H,15,19). The summed E-state index contributed by atoms with van der Waals surface area (Å²) in [5.41, 5.74) is 0. The summed E-state index contributed by atoms with van der Waals surface area (Å²) < 4.78 is 5.48. The van der Waals surface area contributed by atoms with Crippen LogP contribution in [0.4, 0.5) is 0 Å². The minimum Gasteiger partial charge on any atom is -0.376 e. The van der Waals surface area contributed by atoms with Gasteiger partial charge in [0, 0.05) is 46.3 Å². The summed E-state index contributed by atoms with van der Waals surface area (Å²) in [5, 5.41) is 2.94. The Morgan fingerprint density at radius 2 is 2.05 bits per heavy atom. The van der Waals surface area contributed by atoms with Gasteiger partial charge in [-0.3, -0.25) is 14.5 Å². The fourth-order valence-electron chi connectivity index (χ4n) is 2.74. The minimum absolute atomic E-state index is 0.0526. The van der Waals surface area contributed by atoms with Gasteiger partial charge in [0.05, 0.1) is 12.6 Å². The molecular formula is C14H25N3O3. The van der Waals surface area contributed by atoms with E-state index in [1.165, 1.54) is 0 Å².